The number of hydrogen-bond donors (Lipinski definition) is 1. The minimum absolute atomic E-state index is 0.0772. The average molecular weight is 265 g/mol. The Morgan fingerprint density at radius 1 is 1.10 bits per heavy atom. The largest absolute Gasteiger partial charge is 0.375 e. The number of nitrogens with one attached hydrogen (secondary N) is 1. The van der Waals surface area contributed by atoms with Crippen LogP contribution in [-0.2, 0) is 0 Å². The number of para-hydroxylation sites is 2. The van der Waals surface area contributed by atoms with E-state index in [-0.39, 0.29) is 6.04 Å². The molecule has 0 bridgehead atoms. The van der Waals surface area contributed by atoms with Crippen molar-refractivity contribution in [3.8, 4) is 5.69 Å². The third kappa shape index (κ3) is 2.51. The molecule has 0 saturated heterocycles. The predicted molar refractivity (Wildman–Crippen MR) is 77.6 cm³/mol. The zero-order valence-corrected chi connectivity index (χ0v) is 11.1. The minimum atomic E-state index is 0.0772. The van der Waals surface area contributed by atoms with Crippen LogP contribution in [0.15, 0.2) is 61.6 Å². The molecule has 0 aliphatic rings. The van der Waals surface area contributed by atoms with Crippen molar-refractivity contribution >= 4 is 5.69 Å². The summed E-state index contributed by atoms with van der Waals surface area (Å²) in [5, 5.41) is 3.46. The molecule has 0 spiro atoms. The molecule has 1 N–H and O–H groups in total. The number of benzene rings is 1. The van der Waals surface area contributed by atoms with Gasteiger partial charge in [-0.2, -0.15) is 0 Å². The molecule has 0 aliphatic carbocycles. The average Bonchev–Trinajstić information content (AvgIpc) is 3.03. The molecule has 1 aromatic carbocycles. The predicted octanol–water partition coefficient (Wildman–Crippen LogP) is 2.84. The number of aromatic nitrogens is 4. The fourth-order valence-electron chi connectivity index (χ4n) is 2.06. The monoisotopic (exact) mass is 265 g/mol. The summed E-state index contributed by atoms with van der Waals surface area (Å²) in [4.78, 5) is 12.5. The Morgan fingerprint density at radius 3 is 2.75 bits per heavy atom. The van der Waals surface area contributed by atoms with E-state index in [2.05, 4.69) is 27.2 Å². The Kier molecular flexibility index (Phi) is 3.41. The first kappa shape index (κ1) is 12.3. The highest BCUT2D eigenvalue weighted by molar-refractivity contribution is 5.61. The fourth-order valence-corrected chi connectivity index (χ4v) is 2.06. The van der Waals surface area contributed by atoms with Crippen molar-refractivity contribution in [3.05, 3.63) is 67.3 Å². The quantitative estimate of drug-likeness (QED) is 0.788. The Hall–Kier alpha value is -2.69. The highest BCUT2D eigenvalue weighted by Gasteiger charge is 2.10. The second kappa shape index (κ2) is 5.52. The molecular formula is C15H15N5. The number of nitrogens with zero attached hydrogens (tertiary/aromatic N) is 4. The normalized spacial score (nSPS) is 12.1. The standard InChI is InChI=1S/C15H15N5/c1-12(14-10-16-6-7-18-14)19-13-4-2-3-5-15(13)20-9-8-17-11-20/h2-12,19H,1H3. The summed E-state index contributed by atoms with van der Waals surface area (Å²) in [5.74, 6) is 0. The molecule has 5 nitrogen and oxygen atoms in total. The Morgan fingerprint density at radius 2 is 2.00 bits per heavy atom. The second-order valence-corrected chi connectivity index (χ2v) is 4.48. The summed E-state index contributed by atoms with van der Waals surface area (Å²) in [7, 11) is 0. The lowest BCUT2D eigenvalue weighted by molar-refractivity contribution is 0.825. The van der Waals surface area contributed by atoms with Gasteiger partial charge in [-0.05, 0) is 19.1 Å². The minimum Gasteiger partial charge on any atom is -0.375 e. The van der Waals surface area contributed by atoms with Crippen molar-refractivity contribution in [1.29, 1.82) is 0 Å². The molecule has 3 aromatic rings. The van der Waals surface area contributed by atoms with Gasteiger partial charge in [0.25, 0.3) is 0 Å². The molecule has 100 valence electrons. The number of rotatable bonds is 4. The van der Waals surface area contributed by atoms with Gasteiger partial charge < -0.3 is 9.88 Å². The third-order valence-electron chi connectivity index (χ3n) is 3.09. The summed E-state index contributed by atoms with van der Waals surface area (Å²) in [6.07, 6.45) is 10.6. The van der Waals surface area contributed by atoms with Crippen molar-refractivity contribution < 1.29 is 0 Å². The first-order valence-electron chi connectivity index (χ1n) is 6.44. The van der Waals surface area contributed by atoms with Crippen molar-refractivity contribution in [2.75, 3.05) is 5.32 Å². The van der Waals surface area contributed by atoms with Gasteiger partial charge in [0.05, 0.1) is 35.6 Å². The molecule has 3 rings (SSSR count). The topological polar surface area (TPSA) is 55.6 Å². The van der Waals surface area contributed by atoms with Crippen molar-refractivity contribution in [1.82, 2.24) is 19.5 Å². The molecule has 0 saturated carbocycles. The Balaban J connectivity index is 1.88. The van der Waals surface area contributed by atoms with Crippen molar-refractivity contribution in [2.45, 2.75) is 13.0 Å². The Bertz CT molecular complexity index is 664. The van der Waals surface area contributed by atoms with E-state index in [1.807, 2.05) is 35.0 Å². The van der Waals surface area contributed by atoms with Gasteiger partial charge in [0.15, 0.2) is 0 Å². The maximum absolute atomic E-state index is 4.32. The zero-order valence-electron chi connectivity index (χ0n) is 11.1. The first-order chi connectivity index (χ1) is 9.84. The van der Waals surface area contributed by atoms with Gasteiger partial charge in [-0.3, -0.25) is 9.97 Å². The smallest absolute Gasteiger partial charge is 0.0992 e. The van der Waals surface area contributed by atoms with E-state index in [4.69, 9.17) is 0 Å². The molecular weight excluding hydrogens is 250 g/mol. The molecule has 0 aliphatic heterocycles. The summed E-state index contributed by atoms with van der Waals surface area (Å²) in [6, 6.07) is 8.18. The number of hydrogen-bond acceptors (Lipinski definition) is 4. The van der Waals surface area contributed by atoms with Gasteiger partial charge in [0.2, 0.25) is 0 Å². The molecule has 2 aromatic heterocycles. The number of anilines is 1. The van der Waals surface area contributed by atoms with Crippen LogP contribution < -0.4 is 5.32 Å². The highest BCUT2D eigenvalue weighted by atomic mass is 15.1. The van der Waals surface area contributed by atoms with E-state index in [0.717, 1.165) is 17.1 Å². The van der Waals surface area contributed by atoms with Gasteiger partial charge in [-0.1, -0.05) is 12.1 Å². The van der Waals surface area contributed by atoms with Crippen LogP contribution in [0.3, 0.4) is 0 Å². The van der Waals surface area contributed by atoms with E-state index in [0.29, 0.717) is 0 Å². The van der Waals surface area contributed by atoms with Crippen LogP contribution in [0.25, 0.3) is 5.69 Å². The van der Waals surface area contributed by atoms with Crippen LogP contribution in [0.2, 0.25) is 0 Å². The van der Waals surface area contributed by atoms with Crippen LogP contribution in [-0.4, -0.2) is 19.5 Å². The second-order valence-electron chi connectivity index (χ2n) is 4.48. The third-order valence-corrected chi connectivity index (χ3v) is 3.09. The van der Waals surface area contributed by atoms with Crippen LogP contribution in [0, 0.1) is 0 Å². The maximum Gasteiger partial charge on any atom is 0.0992 e. The van der Waals surface area contributed by atoms with Crippen molar-refractivity contribution in [3.63, 3.8) is 0 Å². The van der Waals surface area contributed by atoms with E-state index in [1.54, 1.807) is 31.1 Å². The lowest BCUT2D eigenvalue weighted by Crippen LogP contribution is -2.10. The van der Waals surface area contributed by atoms with Gasteiger partial charge in [0.1, 0.15) is 0 Å². The maximum atomic E-state index is 4.32. The van der Waals surface area contributed by atoms with Crippen LogP contribution in [0.5, 0.6) is 0 Å². The van der Waals surface area contributed by atoms with Gasteiger partial charge >= 0.3 is 0 Å². The van der Waals surface area contributed by atoms with Crippen LogP contribution >= 0.6 is 0 Å². The molecule has 0 radical (unpaired) electrons. The summed E-state index contributed by atoms with van der Waals surface area (Å²) in [6.45, 7) is 2.06. The molecule has 2 heterocycles. The van der Waals surface area contributed by atoms with Crippen molar-refractivity contribution in [2.24, 2.45) is 0 Å². The zero-order chi connectivity index (χ0) is 13.8. The highest BCUT2D eigenvalue weighted by Crippen LogP contribution is 2.23. The van der Waals surface area contributed by atoms with Crippen LogP contribution in [0.1, 0.15) is 18.7 Å². The van der Waals surface area contributed by atoms with E-state index in [9.17, 15) is 0 Å². The summed E-state index contributed by atoms with van der Waals surface area (Å²) in [5.41, 5.74) is 3.00. The van der Waals surface area contributed by atoms with Gasteiger partial charge in [-0.25, -0.2) is 4.98 Å². The summed E-state index contributed by atoms with van der Waals surface area (Å²) < 4.78 is 1.98. The molecule has 0 amide bonds. The lowest BCUT2D eigenvalue weighted by Gasteiger charge is -2.17. The molecule has 1 unspecified atom stereocenters. The first-order valence-corrected chi connectivity index (χ1v) is 6.44. The van der Waals surface area contributed by atoms with E-state index >= 15 is 0 Å². The van der Waals surface area contributed by atoms with E-state index < -0.39 is 0 Å². The van der Waals surface area contributed by atoms with Crippen LogP contribution in [0.4, 0.5) is 5.69 Å². The molecule has 1 atom stereocenters. The molecule has 5 heteroatoms. The molecule has 20 heavy (non-hydrogen) atoms. The lowest BCUT2D eigenvalue weighted by atomic mass is 10.2. The van der Waals surface area contributed by atoms with Gasteiger partial charge in [-0.15, -0.1) is 0 Å². The molecule has 0 fully saturated rings. The van der Waals surface area contributed by atoms with E-state index in [1.165, 1.54) is 0 Å². The van der Waals surface area contributed by atoms with Gasteiger partial charge in [0, 0.05) is 24.8 Å². The summed E-state index contributed by atoms with van der Waals surface area (Å²) >= 11 is 0. The number of imidazole rings is 1. The SMILES string of the molecule is CC(Nc1ccccc1-n1ccnc1)c1cnccn1. The Labute approximate surface area is 117 Å². The fraction of sp³-hybridized carbons (Fsp3) is 0.133.